The van der Waals surface area contributed by atoms with Crippen molar-refractivity contribution in [3.8, 4) is 11.4 Å². The lowest BCUT2D eigenvalue weighted by Gasteiger charge is -2.08. The van der Waals surface area contributed by atoms with Crippen LogP contribution in [0.5, 0.6) is 5.75 Å². The molecule has 1 aromatic carbocycles. The highest BCUT2D eigenvalue weighted by Gasteiger charge is 2.10. The summed E-state index contributed by atoms with van der Waals surface area (Å²) in [4.78, 5) is 10.6. The smallest absolute Gasteiger partial charge is 0.313 e. The molecule has 0 spiro atoms. The van der Waals surface area contributed by atoms with E-state index in [0.717, 1.165) is 17.4 Å². The van der Waals surface area contributed by atoms with Gasteiger partial charge < -0.3 is 9.84 Å². The van der Waals surface area contributed by atoms with Gasteiger partial charge in [-0.2, -0.15) is 0 Å². The van der Waals surface area contributed by atoms with Crippen LogP contribution in [-0.4, -0.2) is 38.7 Å². The van der Waals surface area contributed by atoms with Crippen LogP contribution in [0.1, 0.15) is 0 Å². The molecule has 0 unspecified atom stereocenters. The molecule has 0 bridgehead atoms. The van der Waals surface area contributed by atoms with Gasteiger partial charge >= 0.3 is 5.97 Å². The van der Waals surface area contributed by atoms with E-state index in [1.807, 2.05) is 0 Å². The highest BCUT2D eigenvalue weighted by Crippen LogP contribution is 2.28. The second-order valence-corrected chi connectivity index (χ2v) is 4.83. The molecular weight excluding hydrogens is 290 g/mol. The number of hydrogen-bond donors (Lipinski definition) is 1. The van der Waals surface area contributed by atoms with E-state index in [-0.39, 0.29) is 5.75 Å². The molecule has 0 aliphatic heterocycles. The molecule has 0 aliphatic carbocycles. The Kier molecular flexibility index (Phi) is 4.28. The lowest BCUT2D eigenvalue weighted by atomic mass is 10.3. The number of rotatable bonds is 5. The largest absolute Gasteiger partial charge is 0.495 e. The Hall–Kier alpha value is -1.73. The molecule has 2 aromatic rings. The van der Waals surface area contributed by atoms with E-state index < -0.39 is 5.97 Å². The molecule has 0 atom stereocenters. The normalized spacial score (nSPS) is 10.4. The van der Waals surface area contributed by atoms with Gasteiger partial charge in [-0.25, -0.2) is 0 Å². The lowest BCUT2D eigenvalue weighted by molar-refractivity contribution is -0.133. The van der Waals surface area contributed by atoms with E-state index in [4.69, 9.17) is 21.4 Å². The zero-order valence-electron chi connectivity index (χ0n) is 9.91. The first-order valence-electron chi connectivity index (χ1n) is 5.20. The van der Waals surface area contributed by atoms with Crippen LogP contribution in [0.3, 0.4) is 0 Å². The monoisotopic (exact) mass is 299 g/mol. The van der Waals surface area contributed by atoms with Crippen molar-refractivity contribution in [1.29, 1.82) is 0 Å². The van der Waals surface area contributed by atoms with Crippen molar-refractivity contribution < 1.29 is 14.6 Å². The van der Waals surface area contributed by atoms with Gasteiger partial charge in [0.15, 0.2) is 5.16 Å². The van der Waals surface area contributed by atoms with Crippen LogP contribution in [0.25, 0.3) is 5.69 Å². The Morgan fingerprint density at radius 3 is 3.00 bits per heavy atom. The van der Waals surface area contributed by atoms with Gasteiger partial charge in [-0.3, -0.25) is 9.36 Å². The summed E-state index contributed by atoms with van der Waals surface area (Å²) in [6, 6.07) is 5.22. The summed E-state index contributed by atoms with van der Waals surface area (Å²) >= 11 is 7.13. The fraction of sp³-hybridized carbons (Fsp3) is 0.182. The minimum atomic E-state index is -0.910. The number of nitrogens with zero attached hydrogens (tertiary/aromatic N) is 3. The number of halogens is 1. The molecule has 1 N–H and O–H groups in total. The number of hydrogen-bond acceptors (Lipinski definition) is 5. The standard InChI is InChI=1S/C11H10ClN3O3S/c1-18-9-3-2-7(4-8(9)12)15-6-13-14-11(15)19-5-10(16)17/h2-4,6H,5H2,1H3,(H,16,17). The van der Waals surface area contributed by atoms with Crippen molar-refractivity contribution in [1.82, 2.24) is 14.8 Å². The number of aromatic nitrogens is 3. The van der Waals surface area contributed by atoms with Gasteiger partial charge in [0.1, 0.15) is 12.1 Å². The van der Waals surface area contributed by atoms with E-state index in [2.05, 4.69) is 10.2 Å². The fourth-order valence-corrected chi connectivity index (χ4v) is 2.33. The molecule has 0 saturated carbocycles. The molecule has 0 amide bonds. The number of thioether (sulfide) groups is 1. The van der Waals surface area contributed by atoms with E-state index in [9.17, 15) is 4.79 Å². The molecule has 1 heterocycles. The second-order valence-electron chi connectivity index (χ2n) is 3.48. The van der Waals surface area contributed by atoms with Crippen LogP contribution in [-0.2, 0) is 4.79 Å². The average Bonchev–Trinajstić information content (AvgIpc) is 2.84. The zero-order valence-corrected chi connectivity index (χ0v) is 11.5. The van der Waals surface area contributed by atoms with Crippen molar-refractivity contribution >= 4 is 29.3 Å². The minimum Gasteiger partial charge on any atom is -0.495 e. The molecule has 0 fully saturated rings. The highest BCUT2D eigenvalue weighted by molar-refractivity contribution is 7.99. The van der Waals surface area contributed by atoms with Crippen molar-refractivity contribution in [2.75, 3.05) is 12.9 Å². The maximum Gasteiger partial charge on any atom is 0.313 e. The third kappa shape index (κ3) is 3.18. The van der Waals surface area contributed by atoms with Crippen molar-refractivity contribution in [3.63, 3.8) is 0 Å². The third-order valence-electron chi connectivity index (χ3n) is 2.25. The molecule has 0 radical (unpaired) electrons. The molecule has 1 aromatic heterocycles. The summed E-state index contributed by atoms with van der Waals surface area (Å²) in [5.74, 6) is -0.423. The van der Waals surface area contributed by atoms with Crippen molar-refractivity contribution in [3.05, 3.63) is 29.5 Å². The zero-order chi connectivity index (χ0) is 13.8. The Balaban J connectivity index is 2.29. The highest BCUT2D eigenvalue weighted by atomic mass is 35.5. The molecule has 100 valence electrons. The maximum atomic E-state index is 10.6. The van der Waals surface area contributed by atoms with E-state index in [0.29, 0.717) is 15.9 Å². The summed E-state index contributed by atoms with van der Waals surface area (Å²) < 4.78 is 6.74. The summed E-state index contributed by atoms with van der Waals surface area (Å²) in [7, 11) is 1.54. The predicted molar refractivity (Wildman–Crippen MR) is 71.3 cm³/mol. The Morgan fingerprint density at radius 1 is 1.58 bits per heavy atom. The van der Waals surface area contributed by atoms with Gasteiger partial charge in [-0.1, -0.05) is 23.4 Å². The van der Waals surface area contributed by atoms with Gasteiger partial charge in [0.05, 0.1) is 23.6 Å². The molecule has 2 rings (SSSR count). The molecule has 6 nitrogen and oxygen atoms in total. The average molecular weight is 300 g/mol. The SMILES string of the molecule is COc1ccc(-n2cnnc2SCC(=O)O)cc1Cl. The fourth-order valence-electron chi connectivity index (χ4n) is 1.43. The number of aliphatic carboxylic acids is 1. The van der Waals surface area contributed by atoms with Crippen LogP contribution < -0.4 is 4.74 Å². The second kappa shape index (κ2) is 5.94. The number of methoxy groups -OCH3 is 1. The first kappa shape index (κ1) is 13.7. The number of carboxylic acid groups (broad SMARTS) is 1. The van der Waals surface area contributed by atoms with Crippen molar-refractivity contribution in [2.24, 2.45) is 0 Å². The van der Waals surface area contributed by atoms with Crippen molar-refractivity contribution in [2.45, 2.75) is 5.16 Å². The third-order valence-corrected chi connectivity index (χ3v) is 3.48. The Morgan fingerprint density at radius 2 is 2.37 bits per heavy atom. The number of carboxylic acids is 1. The number of benzene rings is 1. The van der Waals surface area contributed by atoms with Crippen LogP contribution in [0.15, 0.2) is 29.7 Å². The van der Waals surface area contributed by atoms with E-state index in [1.54, 1.807) is 22.8 Å². The number of carbonyl (C=O) groups is 1. The summed E-state index contributed by atoms with van der Waals surface area (Å²) in [5, 5.41) is 17.3. The van der Waals surface area contributed by atoms with Gasteiger partial charge in [-0.15, -0.1) is 10.2 Å². The molecular formula is C11H10ClN3O3S. The molecule has 0 aliphatic rings. The summed E-state index contributed by atoms with van der Waals surface area (Å²) in [5.41, 5.74) is 0.740. The quantitative estimate of drug-likeness (QED) is 0.852. The van der Waals surface area contributed by atoms with Crippen LogP contribution in [0.4, 0.5) is 0 Å². The van der Waals surface area contributed by atoms with Crippen LogP contribution in [0, 0.1) is 0 Å². The Labute approximate surface area is 118 Å². The molecule has 8 heteroatoms. The number of ether oxygens (including phenoxy) is 1. The van der Waals surface area contributed by atoms with E-state index in [1.165, 1.54) is 13.4 Å². The first-order valence-corrected chi connectivity index (χ1v) is 6.56. The summed E-state index contributed by atoms with van der Waals surface area (Å²) in [6.45, 7) is 0. The van der Waals surface area contributed by atoms with Gasteiger partial charge in [0, 0.05) is 0 Å². The van der Waals surface area contributed by atoms with E-state index >= 15 is 0 Å². The predicted octanol–water partition coefficient (Wildman–Crippen LogP) is 2.11. The molecule has 19 heavy (non-hydrogen) atoms. The minimum absolute atomic E-state index is 0.0808. The first-order chi connectivity index (χ1) is 9.11. The van der Waals surface area contributed by atoms with Gasteiger partial charge in [0.2, 0.25) is 0 Å². The van der Waals surface area contributed by atoms with Crippen LogP contribution in [0.2, 0.25) is 5.02 Å². The molecule has 0 saturated heterocycles. The topological polar surface area (TPSA) is 77.2 Å². The van der Waals surface area contributed by atoms with Gasteiger partial charge in [0.25, 0.3) is 0 Å². The summed E-state index contributed by atoms with van der Waals surface area (Å²) in [6.07, 6.45) is 1.50. The lowest BCUT2D eigenvalue weighted by Crippen LogP contribution is -2.01. The Bertz CT molecular complexity index is 603. The van der Waals surface area contributed by atoms with Crippen LogP contribution >= 0.6 is 23.4 Å². The maximum absolute atomic E-state index is 10.6. The van der Waals surface area contributed by atoms with Gasteiger partial charge in [-0.05, 0) is 18.2 Å².